The van der Waals surface area contributed by atoms with Gasteiger partial charge in [0.25, 0.3) is 0 Å². The summed E-state index contributed by atoms with van der Waals surface area (Å²) in [5.41, 5.74) is -0.760. The fraction of sp³-hybridized carbons (Fsp3) is 0.867. The third kappa shape index (κ3) is 4.78. The largest absolute Gasteiger partial charge is 0.481 e. The topological polar surface area (TPSA) is 78.4 Å². The lowest BCUT2D eigenvalue weighted by atomic mass is 9.71. The third-order valence-electron chi connectivity index (χ3n) is 4.35. The molecule has 116 valence electrons. The smallest absolute Gasteiger partial charge is 0.311 e. The van der Waals surface area contributed by atoms with Gasteiger partial charge in [-0.05, 0) is 45.1 Å². The molecule has 0 aromatic heterocycles. The van der Waals surface area contributed by atoms with E-state index in [0.29, 0.717) is 25.2 Å². The molecule has 5 nitrogen and oxygen atoms in total. The Hall–Kier alpha value is -1.10. The average molecular weight is 284 g/mol. The van der Waals surface area contributed by atoms with Crippen LogP contribution in [0.4, 0.5) is 0 Å². The molecule has 0 radical (unpaired) electrons. The first-order valence-electron chi connectivity index (χ1n) is 7.63. The molecule has 3 N–H and O–H groups in total. The lowest BCUT2D eigenvalue weighted by molar-refractivity contribution is -0.151. The Kier molecular flexibility index (Phi) is 6.46. The van der Waals surface area contributed by atoms with Crippen molar-refractivity contribution in [2.45, 2.75) is 58.9 Å². The molecule has 1 fully saturated rings. The van der Waals surface area contributed by atoms with Crippen LogP contribution in [-0.2, 0) is 9.59 Å². The van der Waals surface area contributed by atoms with E-state index in [1.165, 1.54) is 0 Å². The molecule has 1 atom stereocenters. The van der Waals surface area contributed by atoms with E-state index in [0.717, 1.165) is 19.4 Å². The summed E-state index contributed by atoms with van der Waals surface area (Å²) >= 11 is 0. The molecule has 1 unspecified atom stereocenters. The van der Waals surface area contributed by atoms with Gasteiger partial charge in [0.1, 0.15) is 0 Å². The maximum Gasteiger partial charge on any atom is 0.311 e. The van der Waals surface area contributed by atoms with Crippen molar-refractivity contribution < 1.29 is 14.7 Å². The van der Waals surface area contributed by atoms with Gasteiger partial charge in [0, 0.05) is 19.0 Å². The number of hydrogen-bond donors (Lipinski definition) is 3. The van der Waals surface area contributed by atoms with Crippen molar-refractivity contribution >= 4 is 11.9 Å². The minimum atomic E-state index is -0.774. The fourth-order valence-electron chi connectivity index (χ4n) is 2.82. The molecule has 5 heteroatoms. The highest BCUT2D eigenvalue weighted by molar-refractivity contribution is 5.79. The van der Waals surface area contributed by atoms with E-state index in [9.17, 15) is 14.7 Å². The van der Waals surface area contributed by atoms with Crippen molar-refractivity contribution in [1.29, 1.82) is 0 Å². The van der Waals surface area contributed by atoms with Crippen LogP contribution in [0.25, 0.3) is 0 Å². The standard InChI is InChI=1S/C15H28N2O3/c1-4-16-12(3)9-13(18)17-10-15(14(19)20)7-5-11(2)6-8-15/h11-12,16H,4-10H2,1-3H3,(H,17,18)(H,19,20). The number of carboxylic acids is 1. The molecular formula is C15H28N2O3. The Morgan fingerprint density at radius 1 is 1.35 bits per heavy atom. The summed E-state index contributed by atoms with van der Waals surface area (Å²) in [7, 11) is 0. The van der Waals surface area contributed by atoms with E-state index in [4.69, 9.17) is 0 Å². The van der Waals surface area contributed by atoms with E-state index in [2.05, 4.69) is 17.6 Å². The molecular weight excluding hydrogens is 256 g/mol. The van der Waals surface area contributed by atoms with Crippen LogP contribution in [-0.4, -0.2) is 36.1 Å². The Morgan fingerprint density at radius 2 is 1.95 bits per heavy atom. The van der Waals surface area contributed by atoms with Gasteiger partial charge in [-0.2, -0.15) is 0 Å². The zero-order chi connectivity index (χ0) is 15.2. The molecule has 0 saturated heterocycles. The van der Waals surface area contributed by atoms with Crippen LogP contribution in [0, 0.1) is 11.3 Å². The van der Waals surface area contributed by atoms with Crippen molar-refractivity contribution in [3.8, 4) is 0 Å². The summed E-state index contributed by atoms with van der Waals surface area (Å²) in [6, 6.07) is 0.118. The number of amides is 1. The van der Waals surface area contributed by atoms with Crippen LogP contribution in [0.2, 0.25) is 0 Å². The van der Waals surface area contributed by atoms with Crippen LogP contribution in [0.1, 0.15) is 52.9 Å². The molecule has 1 rings (SSSR count). The predicted molar refractivity (Wildman–Crippen MR) is 78.5 cm³/mol. The van der Waals surface area contributed by atoms with Gasteiger partial charge in [0.2, 0.25) is 5.91 Å². The lowest BCUT2D eigenvalue weighted by Crippen LogP contribution is -2.46. The quantitative estimate of drug-likeness (QED) is 0.666. The van der Waals surface area contributed by atoms with Gasteiger partial charge in [0.15, 0.2) is 0 Å². The van der Waals surface area contributed by atoms with Gasteiger partial charge >= 0.3 is 5.97 Å². The third-order valence-corrected chi connectivity index (χ3v) is 4.35. The van der Waals surface area contributed by atoms with Crippen LogP contribution in [0.5, 0.6) is 0 Å². The fourth-order valence-corrected chi connectivity index (χ4v) is 2.82. The lowest BCUT2D eigenvalue weighted by Gasteiger charge is -2.35. The van der Waals surface area contributed by atoms with Gasteiger partial charge in [-0.25, -0.2) is 0 Å². The first kappa shape index (κ1) is 17.0. The summed E-state index contributed by atoms with van der Waals surface area (Å²) in [6.07, 6.45) is 3.56. The number of carbonyl (C=O) groups excluding carboxylic acids is 1. The van der Waals surface area contributed by atoms with E-state index in [1.54, 1.807) is 0 Å². The Balaban J connectivity index is 2.47. The van der Waals surface area contributed by atoms with Crippen molar-refractivity contribution in [3.63, 3.8) is 0 Å². The van der Waals surface area contributed by atoms with E-state index >= 15 is 0 Å². The van der Waals surface area contributed by atoms with E-state index in [1.807, 2.05) is 13.8 Å². The van der Waals surface area contributed by atoms with Crippen LogP contribution < -0.4 is 10.6 Å². The highest BCUT2D eigenvalue weighted by Gasteiger charge is 2.41. The zero-order valence-corrected chi connectivity index (χ0v) is 12.9. The van der Waals surface area contributed by atoms with Crippen LogP contribution in [0.15, 0.2) is 0 Å². The van der Waals surface area contributed by atoms with E-state index in [-0.39, 0.29) is 18.5 Å². The van der Waals surface area contributed by atoms with Crippen LogP contribution in [0.3, 0.4) is 0 Å². The number of carbonyl (C=O) groups is 2. The number of rotatable bonds is 7. The monoisotopic (exact) mass is 284 g/mol. The van der Waals surface area contributed by atoms with Gasteiger partial charge in [-0.15, -0.1) is 0 Å². The molecule has 1 amide bonds. The second kappa shape index (κ2) is 7.62. The van der Waals surface area contributed by atoms with Crippen molar-refractivity contribution in [3.05, 3.63) is 0 Å². The first-order chi connectivity index (χ1) is 9.39. The molecule has 1 aliphatic carbocycles. The Labute approximate surface area is 121 Å². The minimum Gasteiger partial charge on any atom is -0.481 e. The zero-order valence-electron chi connectivity index (χ0n) is 12.9. The van der Waals surface area contributed by atoms with E-state index < -0.39 is 11.4 Å². The van der Waals surface area contributed by atoms with Gasteiger partial charge < -0.3 is 15.7 Å². The first-order valence-corrected chi connectivity index (χ1v) is 7.63. The van der Waals surface area contributed by atoms with Gasteiger partial charge in [0.05, 0.1) is 5.41 Å². The highest BCUT2D eigenvalue weighted by Crippen LogP contribution is 2.38. The van der Waals surface area contributed by atoms with Gasteiger partial charge in [-0.1, -0.05) is 13.8 Å². The summed E-state index contributed by atoms with van der Waals surface area (Å²) in [5, 5.41) is 15.5. The Morgan fingerprint density at radius 3 is 2.45 bits per heavy atom. The molecule has 1 saturated carbocycles. The minimum absolute atomic E-state index is 0.0716. The molecule has 0 aromatic rings. The highest BCUT2D eigenvalue weighted by atomic mass is 16.4. The molecule has 1 aliphatic rings. The number of hydrogen-bond acceptors (Lipinski definition) is 3. The maximum absolute atomic E-state index is 11.9. The number of aliphatic carboxylic acids is 1. The molecule has 0 bridgehead atoms. The predicted octanol–water partition coefficient (Wildman–Crippen LogP) is 1.77. The normalized spacial score (nSPS) is 27.9. The average Bonchev–Trinajstić information content (AvgIpc) is 2.38. The SMILES string of the molecule is CCNC(C)CC(=O)NCC1(C(=O)O)CCC(C)CC1. The molecule has 20 heavy (non-hydrogen) atoms. The second-order valence-electron chi connectivity index (χ2n) is 6.21. The summed E-state index contributed by atoms with van der Waals surface area (Å²) in [6.45, 7) is 7.19. The maximum atomic E-state index is 11.9. The Bertz CT molecular complexity index is 336. The van der Waals surface area contributed by atoms with Crippen molar-refractivity contribution in [1.82, 2.24) is 10.6 Å². The summed E-state index contributed by atoms with van der Waals surface area (Å²) < 4.78 is 0. The number of nitrogens with one attached hydrogen (secondary N) is 2. The molecule has 0 heterocycles. The van der Waals surface area contributed by atoms with Crippen molar-refractivity contribution in [2.24, 2.45) is 11.3 Å². The summed E-state index contributed by atoms with van der Waals surface area (Å²) in [5.74, 6) is -0.255. The molecule has 0 aliphatic heterocycles. The van der Waals surface area contributed by atoms with Gasteiger partial charge in [-0.3, -0.25) is 9.59 Å². The van der Waals surface area contributed by atoms with Crippen LogP contribution >= 0.6 is 0 Å². The second-order valence-corrected chi connectivity index (χ2v) is 6.21. The number of carboxylic acid groups (broad SMARTS) is 1. The molecule has 0 aromatic carbocycles. The summed E-state index contributed by atoms with van der Waals surface area (Å²) in [4.78, 5) is 23.4. The van der Waals surface area contributed by atoms with Crippen molar-refractivity contribution in [2.75, 3.05) is 13.1 Å². The molecule has 0 spiro atoms.